The van der Waals surface area contributed by atoms with Crippen LogP contribution in [0, 0.1) is 0 Å². The number of benzene rings is 1. The highest BCUT2D eigenvalue weighted by Gasteiger charge is 2.16. The van der Waals surface area contributed by atoms with Crippen molar-refractivity contribution >= 4 is 11.0 Å². The minimum Gasteiger partial charge on any atom is -0.459 e. The van der Waals surface area contributed by atoms with Gasteiger partial charge in [-0.3, -0.25) is 0 Å². The molecule has 0 radical (unpaired) electrons. The highest BCUT2D eigenvalue weighted by molar-refractivity contribution is 5.85. The maximum absolute atomic E-state index is 6.17. The van der Waals surface area contributed by atoms with Crippen LogP contribution in [-0.4, -0.2) is 6.54 Å². The largest absolute Gasteiger partial charge is 0.459 e. The minimum atomic E-state index is 0.496. The molecule has 0 bridgehead atoms. The molecule has 0 saturated heterocycles. The molecule has 0 fully saturated rings. The van der Waals surface area contributed by atoms with E-state index in [0.717, 1.165) is 37.3 Å². The lowest BCUT2D eigenvalue weighted by Crippen LogP contribution is -2.14. The first kappa shape index (κ1) is 14.1. The zero-order valence-corrected chi connectivity index (χ0v) is 12.5. The molecule has 0 aliphatic rings. The quantitative estimate of drug-likeness (QED) is 0.766. The molecule has 1 heterocycles. The van der Waals surface area contributed by atoms with Gasteiger partial charge in [0.25, 0.3) is 0 Å². The zero-order chi connectivity index (χ0) is 13.8. The molecule has 2 nitrogen and oxygen atoms in total. The first-order valence-electron chi connectivity index (χ1n) is 7.42. The Hall–Kier alpha value is -1.28. The molecule has 0 aliphatic heterocycles. The van der Waals surface area contributed by atoms with Crippen LogP contribution in [0.3, 0.4) is 0 Å². The van der Waals surface area contributed by atoms with Crippen LogP contribution in [0.25, 0.3) is 11.0 Å². The van der Waals surface area contributed by atoms with E-state index < -0.39 is 0 Å². The number of hydrogen-bond acceptors (Lipinski definition) is 2. The van der Waals surface area contributed by atoms with Crippen molar-refractivity contribution in [3.8, 4) is 0 Å². The van der Waals surface area contributed by atoms with Crippen molar-refractivity contribution in [2.24, 2.45) is 0 Å². The topological polar surface area (TPSA) is 25.2 Å². The molecule has 104 valence electrons. The summed E-state index contributed by atoms with van der Waals surface area (Å²) in [5.74, 6) is 1.61. The van der Waals surface area contributed by atoms with E-state index in [1.54, 1.807) is 0 Å². The van der Waals surface area contributed by atoms with Gasteiger partial charge >= 0.3 is 0 Å². The monoisotopic (exact) mass is 259 g/mol. The third-order valence-electron chi connectivity index (χ3n) is 3.62. The van der Waals surface area contributed by atoms with E-state index in [-0.39, 0.29) is 0 Å². The number of furan rings is 1. The summed E-state index contributed by atoms with van der Waals surface area (Å²) in [7, 11) is 0. The molecule has 19 heavy (non-hydrogen) atoms. The third kappa shape index (κ3) is 2.84. The van der Waals surface area contributed by atoms with Gasteiger partial charge in [-0.1, -0.05) is 45.9 Å². The Kier molecular flexibility index (Phi) is 4.65. The summed E-state index contributed by atoms with van der Waals surface area (Å²) in [4.78, 5) is 0. The van der Waals surface area contributed by atoms with Crippen molar-refractivity contribution in [3.05, 3.63) is 35.1 Å². The highest BCUT2D eigenvalue weighted by Crippen LogP contribution is 2.32. The molecule has 0 saturated carbocycles. The van der Waals surface area contributed by atoms with E-state index in [2.05, 4.69) is 51.2 Å². The number of rotatable bonds is 6. The van der Waals surface area contributed by atoms with Crippen molar-refractivity contribution in [3.63, 3.8) is 0 Å². The van der Waals surface area contributed by atoms with Gasteiger partial charge in [0.1, 0.15) is 11.3 Å². The van der Waals surface area contributed by atoms with Gasteiger partial charge in [-0.15, -0.1) is 0 Å². The summed E-state index contributed by atoms with van der Waals surface area (Å²) in [5, 5.41) is 4.74. The van der Waals surface area contributed by atoms with Crippen molar-refractivity contribution in [1.29, 1.82) is 0 Å². The molecule has 1 aromatic heterocycles. The van der Waals surface area contributed by atoms with E-state index in [4.69, 9.17) is 4.42 Å². The van der Waals surface area contributed by atoms with E-state index in [0.29, 0.717) is 5.92 Å². The number of hydrogen-bond donors (Lipinski definition) is 1. The van der Waals surface area contributed by atoms with Crippen LogP contribution >= 0.6 is 0 Å². The van der Waals surface area contributed by atoms with Crippen LogP contribution in [0.15, 0.2) is 22.6 Å². The summed E-state index contributed by atoms with van der Waals surface area (Å²) in [5.41, 5.74) is 3.76. The van der Waals surface area contributed by atoms with Gasteiger partial charge in [0, 0.05) is 10.9 Å². The third-order valence-corrected chi connectivity index (χ3v) is 3.62. The second-order valence-electron chi connectivity index (χ2n) is 5.41. The number of nitrogens with one attached hydrogen (secondary N) is 1. The zero-order valence-electron chi connectivity index (χ0n) is 12.5. The second kappa shape index (κ2) is 6.25. The SMILES string of the molecule is CCCNCc1oc2c(C(C)C)cccc2c1CC. The fourth-order valence-electron chi connectivity index (χ4n) is 2.61. The molecule has 0 aliphatic carbocycles. The summed E-state index contributed by atoms with van der Waals surface area (Å²) in [6.07, 6.45) is 2.18. The normalized spacial score (nSPS) is 11.6. The first-order valence-corrected chi connectivity index (χ1v) is 7.42. The number of para-hydroxylation sites is 1. The molecular weight excluding hydrogens is 234 g/mol. The summed E-state index contributed by atoms with van der Waals surface area (Å²) in [6.45, 7) is 10.7. The maximum atomic E-state index is 6.17. The lowest BCUT2D eigenvalue weighted by atomic mass is 9.99. The molecule has 0 spiro atoms. The summed E-state index contributed by atoms with van der Waals surface area (Å²) < 4.78 is 6.17. The van der Waals surface area contributed by atoms with E-state index in [9.17, 15) is 0 Å². The molecule has 0 amide bonds. The molecule has 1 N–H and O–H groups in total. The van der Waals surface area contributed by atoms with Gasteiger partial charge in [0.05, 0.1) is 6.54 Å². The lowest BCUT2D eigenvalue weighted by molar-refractivity contribution is 0.505. The van der Waals surface area contributed by atoms with Crippen LogP contribution in [0.5, 0.6) is 0 Å². The predicted octanol–water partition coefficient (Wildman–Crippen LogP) is 4.62. The first-order chi connectivity index (χ1) is 9.19. The van der Waals surface area contributed by atoms with E-state index >= 15 is 0 Å². The van der Waals surface area contributed by atoms with Crippen molar-refractivity contribution in [2.45, 2.75) is 53.0 Å². The number of fused-ring (bicyclic) bond motifs is 1. The molecular formula is C17H25NO. The molecule has 1 aromatic carbocycles. The Morgan fingerprint density at radius 2 is 2.00 bits per heavy atom. The Labute approximate surface area is 116 Å². The molecule has 2 rings (SSSR count). The molecule has 2 heteroatoms. The second-order valence-corrected chi connectivity index (χ2v) is 5.41. The van der Waals surface area contributed by atoms with Crippen molar-refractivity contribution in [1.82, 2.24) is 5.32 Å². The average molecular weight is 259 g/mol. The summed E-state index contributed by atoms with van der Waals surface area (Å²) >= 11 is 0. The van der Waals surface area contributed by atoms with Crippen molar-refractivity contribution < 1.29 is 4.42 Å². The van der Waals surface area contributed by atoms with Crippen LogP contribution in [0.1, 0.15) is 56.9 Å². The predicted molar refractivity (Wildman–Crippen MR) is 81.7 cm³/mol. The average Bonchev–Trinajstić information content (AvgIpc) is 2.76. The Morgan fingerprint density at radius 1 is 1.21 bits per heavy atom. The Morgan fingerprint density at radius 3 is 2.63 bits per heavy atom. The Bertz CT molecular complexity index is 539. The molecule has 0 unspecified atom stereocenters. The standard InChI is InChI=1S/C17H25NO/c1-5-10-18-11-16-13(6-2)15-9-7-8-14(12(3)4)17(15)19-16/h7-9,12,18H,5-6,10-11H2,1-4H3. The fraction of sp³-hybridized carbons (Fsp3) is 0.529. The van der Waals surface area contributed by atoms with Crippen LogP contribution in [0.2, 0.25) is 0 Å². The molecule has 2 aromatic rings. The van der Waals surface area contributed by atoms with Gasteiger partial charge in [0.2, 0.25) is 0 Å². The smallest absolute Gasteiger partial charge is 0.138 e. The van der Waals surface area contributed by atoms with E-state index in [1.807, 2.05) is 0 Å². The fourth-order valence-corrected chi connectivity index (χ4v) is 2.61. The lowest BCUT2D eigenvalue weighted by Gasteiger charge is -2.05. The van der Waals surface area contributed by atoms with Crippen LogP contribution in [-0.2, 0) is 13.0 Å². The van der Waals surface area contributed by atoms with Crippen LogP contribution < -0.4 is 5.32 Å². The minimum absolute atomic E-state index is 0.496. The molecule has 0 atom stereocenters. The van der Waals surface area contributed by atoms with Gasteiger partial charge in [-0.05, 0) is 30.9 Å². The van der Waals surface area contributed by atoms with Crippen molar-refractivity contribution in [2.75, 3.05) is 6.54 Å². The summed E-state index contributed by atoms with van der Waals surface area (Å²) in [6, 6.07) is 6.52. The highest BCUT2D eigenvalue weighted by atomic mass is 16.3. The van der Waals surface area contributed by atoms with Gasteiger partial charge in [-0.2, -0.15) is 0 Å². The number of aryl methyl sites for hydroxylation is 1. The van der Waals surface area contributed by atoms with Gasteiger partial charge < -0.3 is 9.73 Å². The van der Waals surface area contributed by atoms with Gasteiger partial charge in [-0.25, -0.2) is 0 Å². The van der Waals surface area contributed by atoms with Crippen LogP contribution in [0.4, 0.5) is 0 Å². The Balaban J connectivity index is 2.44. The van der Waals surface area contributed by atoms with Gasteiger partial charge in [0.15, 0.2) is 0 Å². The van der Waals surface area contributed by atoms with E-state index in [1.165, 1.54) is 16.5 Å². The maximum Gasteiger partial charge on any atom is 0.138 e.